The molecule has 0 saturated heterocycles. The van der Waals surface area contributed by atoms with E-state index in [9.17, 15) is 9.18 Å². The second kappa shape index (κ2) is 11.6. The Balaban J connectivity index is 0.00000392. The van der Waals surface area contributed by atoms with Gasteiger partial charge in [0.15, 0.2) is 5.96 Å². The second-order valence-corrected chi connectivity index (χ2v) is 6.09. The monoisotopic (exact) mass is 503 g/mol. The third kappa shape index (κ3) is 7.10. The molecule has 154 valence electrons. The highest BCUT2D eigenvalue weighted by molar-refractivity contribution is 14.0. The molecule has 9 heteroatoms. The van der Waals surface area contributed by atoms with Gasteiger partial charge in [-0.25, -0.2) is 14.4 Å². The van der Waals surface area contributed by atoms with Gasteiger partial charge in [-0.15, -0.1) is 24.0 Å². The van der Waals surface area contributed by atoms with Crippen LogP contribution in [0, 0.1) is 26.6 Å². The SMILES string of the molecule is CCNC(=NCc1nc(C)c(C)o1)NCCNC(=O)c1ccc(C)c(F)c1.I. The number of oxazole rings is 1. The largest absolute Gasteiger partial charge is 0.444 e. The molecule has 0 radical (unpaired) electrons. The van der Waals surface area contributed by atoms with Crippen molar-refractivity contribution in [2.45, 2.75) is 34.2 Å². The summed E-state index contributed by atoms with van der Waals surface area (Å²) in [7, 11) is 0. The topological polar surface area (TPSA) is 91.6 Å². The van der Waals surface area contributed by atoms with Gasteiger partial charge in [0, 0.05) is 25.2 Å². The van der Waals surface area contributed by atoms with Crippen LogP contribution >= 0.6 is 24.0 Å². The first kappa shape index (κ1) is 23.9. The summed E-state index contributed by atoms with van der Waals surface area (Å²) < 4.78 is 19.0. The number of amides is 1. The van der Waals surface area contributed by atoms with Crippen molar-refractivity contribution in [3.8, 4) is 0 Å². The number of nitrogens with zero attached hydrogens (tertiary/aromatic N) is 2. The van der Waals surface area contributed by atoms with E-state index < -0.39 is 0 Å². The molecule has 1 amide bonds. The van der Waals surface area contributed by atoms with Crippen LogP contribution in [0.5, 0.6) is 0 Å². The Labute approximate surface area is 181 Å². The zero-order chi connectivity index (χ0) is 19.8. The van der Waals surface area contributed by atoms with E-state index in [1.807, 2.05) is 20.8 Å². The van der Waals surface area contributed by atoms with Crippen molar-refractivity contribution >= 4 is 35.8 Å². The first-order valence-corrected chi connectivity index (χ1v) is 8.90. The van der Waals surface area contributed by atoms with Gasteiger partial charge in [-0.3, -0.25) is 4.79 Å². The Morgan fingerprint density at radius 2 is 1.89 bits per heavy atom. The summed E-state index contributed by atoms with van der Waals surface area (Å²) in [6.07, 6.45) is 0. The van der Waals surface area contributed by atoms with Crippen molar-refractivity contribution in [3.05, 3.63) is 52.5 Å². The maximum absolute atomic E-state index is 13.5. The molecule has 0 aliphatic carbocycles. The summed E-state index contributed by atoms with van der Waals surface area (Å²) >= 11 is 0. The molecule has 2 aromatic rings. The summed E-state index contributed by atoms with van der Waals surface area (Å²) in [5, 5.41) is 8.98. The smallest absolute Gasteiger partial charge is 0.251 e. The Kier molecular flexibility index (Phi) is 9.91. The predicted molar refractivity (Wildman–Crippen MR) is 118 cm³/mol. The average molecular weight is 503 g/mol. The molecule has 0 spiro atoms. The minimum atomic E-state index is -0.389. The molecule has 1 heterocycles. The Morgan fingerprint density at radius 3 is 2.50 bits per heavy atom. The number of aryl methyl sites for hydroxylation is 3. The normalized spacial score (nSPS) is 11.0. The molecule has 2 rings (SSSR count). The van der Waals surface area contributed by atoms with Gasteiger partial charge in [-0.1, -0.05) is 6.07 Å². The van der Waals surface area contributed by atoms with E-state index in [1.165, 1.54) is 6.07 Å². The fraction of sp³-hybridized carbons (Fsp3) is 0.421. The highest BCUT2D eigenvalue weighted by Gasteiger charge is 2.08. The Bertz CT molecular complexity index is 803. The summed E-state index contributed by atoms with van der Waals surface area (Å²) in [5.74, 6) is 1.23. The molecular weight excluding hydrogens is 476 g/mol. The van der Waals surface area contributed by atoms with E-state index >= 15 is 0 Å². The maximum atomic E-state index is 13.5. The predicted octanol–water partition coefficient (Wildman–Crippen LogP) is 2.84. The number of aromatic nitrogens is 1. The Hall–Kier alpha value is -2.17. The van der Waals surface area contributed by atoms with Gasteiger partial charge >= 0.3 is 0 Å². The van der Waals surface area contributed by atoms with E-state index in [1.54, 1.807) is 19.1 Å². The third-order valence-corrected chi connectivity index (χ3v) is 3.93. The van der Waals surface area contributed by atoms with Gasteiger partial charge in [0.05, 0.1) is 5.69 Å². The molecule has 7 nitrogen and oxygen atoms in total. The number of carbonyl (C=O) groups is 1. The van der Waals surface area contributed by atoms with Crippen molar-refractivity contribution in [2.24, 2.45) is 4.99 Å². The van der Waals surface area contributed by atoms with Crippen LogP contribution in [-0.4, -0.2) is 36.5 Å². The van der Waals surface area contributed by atoms with Gasteiger partial charge in [0.1, 0.15) is 18.1 Å². The molecule has 3 N–H and O–H groups in total. The lowest BCUT2D eigenvalue weighted by Crippen LogP contribution is -2.41. The van der Waals surface area contributed by atoms with Crippen molar-refractivity contribution in [3.63, 3.8) is 0 Å². The van der Waals surface area contributed by atoms with Crippen LogP contribution in [-0.2, 0) is 6.54 Å². The molecule has 0 unspecified atom stereocenters. The van der Waals surface area contributed by atoms with Crippen molar-refractivity contribution in [2.75, 3.05) is 19.6 Å². The van der Waals surface area contributed by atoms with Crippen molar-refractivity contribution < 1.29 is 13.6 Å². The van der Waals surface area contributed by atoms with Crippen LogP contribution in [0.1, 0.15) is 40.2 Å². The van der Waals surface area contributed by atoms with E-state index in [0.717, 1.165) is 11.5 Å². The molecule has 0 aliphatic heterocycles. The highest BCUT2D eigenvalue weighted by Crippen LogP contribution is 2.09. The summed E-state index contributed by atoms with van der Waals surface area (Å²) in [6, 6.07) is 4.43. The van der Waals surface area contributed by atoms with Crippen LogP contribution in [0.4, 0.5) is 4.39 Å². The number of hydrogen-bond donors (Lipinski definition) is 3. The molecule has 0 atom stereocenters. The first-order valence-electron chi connectivity index (χ1n) is 8.90. The van der Waals surface area contributed by atoms with E-state index in [2.05, 4.69) is 25.9 Å². The van der Waals surface area contributed by atoms with Crippen LogP contribution in [0.15, 0.2) is 27.6 Å². The van der Waals surface area contributed by atoms with Crippen LogP contribution in [0.2, 0.25) is 0 Å². The molecule has 1 aromatic heterocycles. The number of benzene rings is 1. The second-order valence-electron chi connectivity index (χ2n) is 6.09. The lowest BCUT2D eigenvalue weighted by Gasteiger charge is -2.11. The lowest BCUT2D eigenvalue weighted by atomic mass is 10.1. The van der Waals surface area contributed by atoms with Crippen molar-refractivity contribution in [1.29, 1.82) is 0 Å². The molecule has 1 aromatic carbocycles. The minimum absolute atomic E-state index is 0. The summed E-state index contributed by atoms with van der Waals surface area (Å²) in [5.41, 5.74) is 1.66. The zero-order valence-electron chi connectivity index (χ0n) is 16.6. The van der Waals surface area contributed by atoms with Gasteiger partial charge < -0.3 is 20.4 Å². The van der Waals surface area contributed by atoms with Gasteiger partial charge in [0.2, 0.25) is 5.89 Å². The quantitative estimate of drug-likeness (QED) is 0.234. The number of halogens is 2. The molecule has 0 aliphatic rings. The first-order chi connectivity index (χ1) is 12.9. The fourth-order valence-electron chi connectivity index (χ4n) is 2.29. The van der Waals surface area contributed by atoms with Gasteiger partial charge in [-0.2, -0.15) is 0 Å². The van der Waals surface area contributed by atoms with E-state index in [4.69, 9.17) is 4.42 Å². The number of hydrogen-bond acceptors (Lipinski definition) is 4. The number of guanidine groups is 1. The van der Waals surface area contributed by atoms with Crippen molar-refractivity contribution in [1.82, 2.24) is 20.9 Å². The zero-order valence-corrected chi connectivity index (χ0v) is 18.9. The van der Waals surface area contributed by atoms with E-state index in [0.29, 0.717) is 49.2 Å². The highest BCUT2D eigenvalue weighted by atomic mass is 127. The maximum Gasteiger partial charge on any atom is 0.251 e. The standard InChI is InChI=1S/C19H26FN5O2.HI/c1-5-21-19(24-11-17-25-13(3)14(4)27-17)23-9-8-22-18(26)15-7-6-12(2)16(20)10-15;/h6-7,10H,5,8-9,11H2,1-4H3,(H,22,26)(H2,21,23,24);1H. The Morgan fingerprint density at radius 1 is 1.18 bits per heavy atom. The van der Waals surface area contributed by atoms with Gasteiger partial charge in [0.25, 0.3) is 5.91 Å². The average Bonchev–Trinajstić information content (AvgIpc) is 2.96. The number of carbonyl (C=O) groups excluding carboxylic acids is 1. The van der Waals surface area contributed by atoms with E-state index in [-0.39, 0.29) is 35.7 Å². The van der Waals surface area contributed by atoms with Gasteiger partial charge in [-0.05, 0) is 45.4 Å². The number of rotatable bonds is 7. The number of nitrogens with one attached hydrogen (secondary N) is 3. The molecule has 0 saturated carbocycles. The molecule has 28 heavy (non-hydrogen) atoms. The fourth-order valence-corrected chi connectivity index (χ4v) is 2.29. The third-order valence-electron chi connectivity index (χ3n) is 3.93. The minimum Gasteiger partial charge on any atom is -0.444 e. The summed E-state index contributed by atoms with van der Waals surface area (Å²) in [4.78, 5) is 20.8. The molecule has 0 fully saturated rings. The summed E-state index contributed by atoms with van der Waals surface area (Å²) in [6.45, 7) is 9.22. The molecule has 0 bridgehead atoms. The number of aliphatic imine (C=N–C) groups is 1. The lowest BCUT2D eigenvalue weighted by molar-refractivity contribution is 0.0954. The van der Waals surface area contributed by atoms with Crippen LogP contribution < -0.4 is 16.0 Å². The van der Waals surface area contributed by atoms with Crippen LogP contribution in [0.3, 0.4) is 0 Å². The molecular formula is C19H27FIN5O2. The van der Waals surface area contributed by atoms with Crippen LogP contribution in [0.25, 0.3) is 0 Å².